The fraction of sp³-hybridized carbons (Fsp3) is 0.455. The fourth-order valence-electron chi connectivity index (χ4n) is 1.37. The quantitative estimate of drug-likeness (QED) is 0.752. The van der Waals surface area contributed by atoms with Gasteiger partial charge >= 0.3 is 0 Å². The monoisotopic (exact) mass is 212 g/mol. The Kier molecular flexibility index (Phi) is 4.94. The van der Waals surface area contributed by atoms with E-state index < -0.39 is 0 Å². The molecule has 1 rings (SSSR count). The molecule has 1 aromatic rings. The summed E-state index contributed by atoms with van der Waals surface area (Å²) in [5.41, 5.74) is 2.67. The smallest absolute Gasteiger partial charge is 0.0227 e. The predicted molar refractivity (Wildman–Crippen MR) is 61.4 cm³/mol. The maximum absolute atomic E-state index is 5.39. The molecule has 0 aliphatic heterocycles. The van der Waals surface area contributed by atoms with E-state index in [9.17, 15) is 0 Å². The van der Waals surface area contributed by atoms with Gasteiger partial charge in [0, 0.05) is 13.1 Å². The zero-order chi connectivity index (χ0) is 10.4. The molecule has 0 radical (unpaired) electrons. The topological polar surface area (TPSA) is 15.3 Å². The highest BCUT2D eigenvalue weighted by molar-refractivity contribution is 6.13. The third kappa shape index (κ3) is 4.09. The highest BCUT2D eigenvalue weighted by atomic mass is 35.5. The SMILES string of the molecule is CN(C)Cc1ccc(CCNCl)cc1. The lowest BCUT2D eigenvalue weighted by Crippen LogP contribution is -2.10. The van der Waals surface area contributed by atoms with Crippen molar-refractivity contribution in [3.8, 4) is 0 Å². The fourth-order valence-corrected chi connectivity index (χ4v) is 1.46. The van der Waals surface area contributed by atoms with Gasteiger partial charge in [-0.25, -0.2) is 4.84 Å². The summed E-state index contributed by atoms with van der Waals surface area (Å²) in [5, 5.41) is 0. The molecule has 0 saturated heterocycles. The summed E-state index contributed by atoms with van der Waals surface area (Å²) in [7, 11) is 4.15. The molecule has 2 nitrogen and oxygen atoms in total. The molecule has 0 aliphatic carbocycles. The molecule has 0 fully saturated rings. The first-order chi connectivity index (χ1) is 6.72. The average Bonchev–Trinajstić information content (AvgIpc) is 2.16. The number of hydrogen-bond acceptors (Lipinski definition) is 2. The minimum atomic E-state index is 0.814. The summed E-state index contributed by atoms with van der Waals surface area (Å²) in [6.07, 6.45) is 0.978. The van der Waals surface area contributed by atoms with Crippen LogP contribution in [0.3, 0.4) is 0 Å². The van der Waals surface area contributed by atoms with Crippen LogP contribution in [0.2, 0.25) is 0 Å². The molecule has 0 bridgehead atoms. The lowest BCUT2D eigenvalue weighted by Gasteiger charge is -2.09. The van der Waals surface area contributed by atoms with Crippen molar-refractivity contribution in [2.24, 2.45) is 0 Å². The van der Waals surface area contributed by atoms with Gasteiger partial charge in [-0.15, -0.1) is 0 Å². The zero-order valence-electron chi connectivity index (χ0n) is 8.76. The Labute approximate surface area is 91.0 Å². The van der Waals surface area contributed by atoms with Gasteiger partial charge in [0.1, 0.15) is 0 Å². The molecule has 0 unspecified atom stereocenters. The number of hydrogen-bond donors (Lipinski definition) is 1. The van der Waals surface area contributed by atoms with Crippen molar-refractivity contribution in [2.75, 3.05) is 20.6 Å². The van der Waals surface area contributed by atoms with E-state index in [1.165, 1.54) is 11.1 Å². The maximum atomic E-state index is 5.39. The molecule has 78 valence electrons. The number of benzene rings is 1. The summed E-state index contributed by atoms with van der Waals surface area (Å²) in [4.78, 5) is 4.79. The van der Waals surface area contributed by atoms with E-state index in [1.807, 2.05) is 0 Å². The Morgan fingerprint density at radius 2 is 1.71 bits per heavy atom. The number of nitrogens with zero attached hydrogens (tertiary/aromatic N) is 1. The standard InChI is InChI=1S/C11H17ClN2/c1-14(2)9-11-5-3-10(4-6-11)7-8-13-12/h3-6,13H,7-9H2,1-2H3. The normalized spacial score (nSPS) is 10.9. The van der Waals surface area contributed by atoms with Crippen LogP contribution in [-0.4, -0.2) is 25.5 Å². The van der Waals surface area contributed by atoms with Gasteiger partial charge in [-0.05, 0) is 43.4 Å². The van der Waals surface area contributed by atoms with Crippen molar-refractivity contribution < 1.29 is 0 Å². The molecule has 0 saturated carbocycles. The van der Waals surface area contributed by atoms with E-state index in [0.717, 1.165) is 19.5 Å². The molecule has 0 heterocycles. The lowest BCUT2D eigenvalue weighted by molar-refractivity contribution is 0.402. The minimum Gasteiger partial charge on any atom is -0.305 e. The van der Waals surface area contributed by atoms with Crippen molar-refractivity contribution in [1.82, 2.24) is 9.74 Å². The van der Waals surface area contributed by atoms with Crippen molar-refractivity contribution in [2.45, 2.75) is 13.0 Å². The van der Waals surface area contributed by atoms with Gasteiger partial charge in [0.25, 0.3) is 0 Å². The highest BCUT2D eigenvalue weighted by Gasteiger charge is 1.96. The van der Waals surface area contributed by atoms with Crippen LogP contribution in [-0.2, 0) is 13.0 Å². The Balaban J connectivity index is 2.50. The van der Waals surface area contributed by atoms with Crippen LogP contribution in [0.15, 0.2) is 24.3 Å². The van der Waals surface area contributed by atoms with Gasteiger partial charge in [-0.3, -0.25) is 0 Å². The van der Waals surface area contributed by atoms with E-state index >= 15 is 0 Å². The van der Waals surface area contributed by atoms with Crippen LogP contribution in [0.25, 0.3) is 0 Å². The Hall–Kier alpha value is -0.570. The van der Waals surface area contributed by atoms with Crippen molar-refractivity contribution in [3.63, 3.8) is 0 Å². The Bertz CT molecular complexity index is 256. The molecule has 0 atom stereocenters. The summed E-state index contributed by atoms with van der Waals surface area (Å²) < 4.78 is 0. The van der Waals surface area contributed by atoms with Gasteiger partial charge in [-0.2, -0.15) is 0 Å². The highest BCUT2D eigenvalue weighted by Crippen LogP contribution is 2.06. The molecule has 0 aliphatic rings. The van der Waals surface area contributed by atoms with Crippen LogP contribution in [0, 0.1) is 0 Å². The summed E-state index contributed by atoms with van der Waals surface area (Å²) in [5.74, 6) is 0. The predicted octanol–water partition coefficient (Wildman–Crippen LogP) is 2.03. The van der Waals surface area contributed by atoms with E-state index in [-0.39, 0.29) is 0 Å². The van der Waals surface area contributed by atoms with Gasteiger partial charge in [-0.1, -0.05) is 24.3 Å². The molecule has 1 aromatic carbocycles. The number of nitrogens with one attached hydrogen (secondary N) is 1. The molecule has 0 aromatic heterocycles. The summed E-state index contributed by atoms with van der Waals surface area (Å²) >= 11 is 5.39. The number of rotatable bonds is 5. The largest absolute Gasteiger partial charge is 0.305 e. The molecule has 0 spiro atoms. The lowest BCUT2D eigenvalue weighted by atomic mass is 10.1. The first-order valence-corrected chi connectivity index (χ1v) is 5.16. The molecule has 0 amide bonds. The number of halogens is 1. The molecule has 3 heteroatoms. The first-order valence-electron chi connectivity index (χ1n) is 4.78. The molecular weight excluding hydrogens is 196 g/mol. The van der Waals surface area contributed by atoms with Crippen LogP contribution >= 0.6 is 11.8 Å². The van der Waals surface area contributed by atoms with E-state index in [0.29, 0.717) is 0 Å². The second-order valence-electron chi connectivity index (χ2n) is 3.69. The second-order valence-corrected chi connectivity index (χ2v) is 3.96. The molecule has 14 heavy (non-hydrogen) atoms. The Morgan fingerprint density at radius 3 is 2.21 bits per heavy atom. The molecule has 1 N–H and O–H groups in total. The minimum absolute atomic E-state index is 0.814. The summed E-state index contributed by atoms with van der Waals surface area (Å²) in [6.45, 7) is 1.81. The summed E-state index contributed by atoms with van der Waals surface area (Å²) in [6, 6.07) is 8.66. The van der Waals surface area contributed by atoms with Crippen molar-refractivity contribution >= 4 is 11.8 Å². The second kappa shape index (κ2) is 6.02. The van der Waals surface area contributed by atoms with Crippen LogP contribution in [0.5, 0.6) is 0 Å². The van der Waals surface area contributed by atoms with E-state index in [2.05, 4.69) is 48.1 Å². The van der Waals surface area contributed by atoms with E-state index in [1.54, 1.807) is 0 Å². The van der Waals surface area contributed by atoms with Crippen LogP contribution < -0.4 is 4.84 Å². The van der Waals surface area contributed by atoms with Crippen LogP contribution in [0.4, 0.5) is 0 Å². The van der Waals surface area contributed by atoms with Gasteiger partial charge in [0.2, 0.25) is 0 Å². The van der Waals surface area contributed by atoms with Crippen LogP contribution in [0.1, 0.15) is 11.1 Å². The van der Waals surface area contributed by atoms with E-state index in [4.69, 9.17) is 11.8 Å². The van der Waals surface area contributed by atoms with Gasteiger partial charge < -0.3 is 4.90 Å². The van der Waals surface area contributed by atoms with Gasteiger partial charge in [0.15, 0.2) is 0 Å². The maximum Gasteiger partial charge on any atom is 0.0227 e. The van der Waals surface area contributed by atoms with Gasteiger partial charge in [0.05, 0.1) is 0 Å². The average molecular weight is 213 g/mol. The third-order valence-corrected chi connectivity index (χ3v) is 2.22. The van der Waals surface area contributed by atoms with Crippen molar-refractivity contribution in [1.29, 1.82) is 0 Å². The molecular formula is C11H17ClN2. The third-order valence-electron chi connectivity index (χ3n) is 2.03. The first kappa shape index (κ1) is 11.5. The zero-order valence-corrected chi connectivity index (χ0v) is 9.51. The van der Waals surface area contributed by atoms with Crippen molar-refractivity contribution in [3.05, 3.63) is 35.4 Å². The Morgan fingerprint density at radius 1 is 1.14 bits per heavy atom.